The summed E-state index contributed by atoms with van der Waals surface area (Å²) in [7, 11) is 0. The van der Waals surface area contributed by atoms with Crippen molar-refractivity contribution < 1.29 is 4.79 Å². The highest BCUT2D eigenvalue weighted by Crippen LogP contribution is 2.19. The van der Waals surface area contributed by atoms with E-state index in [1.807, 2.05) is 13.8 Å². The lowest BCUT2D eigenvalue weighted by Crippen LogP contribution is -2.59. The zero-order valence-electron chi connectivity index (χ0n) is 10.7. The van der Waals surface area contributed by atoms with Gasteiger partial charge in [0.1, 0.15) is 0 Å². The van der Waals surface area contributed by atoms with Crippen LogP contribution in [0.25, 0.3) is 0 Å². The molecule has 0 atom stereocenters. The Kier molecular flexibility index (Phi) is 5.18. The van der Waals surface area contributed by atoms with E-state index in [1.54, 1.807) is 0 Å². The molecule has 1 saturated carbocycles. The molecule has 2 amide bonds. The zero-order chi connectivity index (χ0) is 12.9. The van der Waals surface area contributed by atoms with Crippen molar-refractivity contribution in [3.63, 3.8) is 0 Å². The molecule has 0 aromatic rings. The summed E-state index contributed by atoms with van der Waals surface area (Å²) in [6.45, 7) is 3.97. The van der Waals surface area contributed by atoms with Crippen LogP contribution in [-0.2, 0) is 0 Å². The van der Waals surface area contributed by atoms with E-state index in [9.17, 15) is 4.79 Å². The summed E-state index contributed by atoms with van der Waals surface area (Å²) < 4.78 is 0. The van der Waals surface area contributed by atoms with E-state index in [-0.39, 0.29) is 6.03 Å². The molecule has 5 heteroatoms. The molecule has 0 aromatic heterocycles. The first kappa shape index (κ1) is 14.2. The summed E-state index contributed by atoms with van der Waals surface area (Å²) in [6.07, 6.45) is 5.99. The van der Waals surface area contributed by atoms with Gasteiger partial charge in [-0.15, -0.1) is 0 Å². The molecular weight excluding hydrogens is 234 g/mol. The van der Waals surface area contributed by atoms with Crippen LogP contribution in [0.4, 0.5) is 4.79 Å². The number of hydrogen-bond donors (Lipinski definition) is 3. The number of thiocarbonyl (C=S) groups is 1. The minimum atomic E-state index is -0.544. The van der Waals surface area contributed by atoms with E-state index < -0.39 is 5.54 Å². The molecule has 0 radical (unpaired) electrons. The van der Waals surface area contributed by atoms with Gasteiger partial charge in [-0.1, -0.05) is 38.9 Å². The maximum absolute atomic E-state index is 11.9. The summed E-state index contributed by atoms with van der Waals surface area (Å²) in [6, 6.07) is 0.168. The topological polar surface area (TPSA) is 67.2 Å². The maximum Gasteiger partial charge on any atom is 0.315 e. The second-order valence-corrected chi connectivity index (χ2v) is 5.17. The van der Waals surface area contributed by atoms with Gasteiger partial charge in [0.2, 0.25) is 0 Å². The highest BCUT2D eigenvalue weighted by molar-refractivity contribution is 7.80. The van der Waals surface area contributed by atoms with Gasteiger partial charge in [0.15, 0.2) is 0 Å². The monoisotopic (exact) mass is 257 g/mol. The average Bonchev–Trinajstić information content (AvgIpc) is 2.78. The Morgan fingerprint density at radius 3 is 2.29 bits per heavy atom. The summed E-state index contributed by atoms with van der Waals surface area (Å²) in [5.74, 6) is 0. The van der Waals surface area contributed by atoms with E-state index in [4.69, 9.17) is 18.0 Å². The molecule has 0 bridgehead atoms. The molecular formula is C12H23N3OS. The molecule has 0 heterocycles. The summed E-state index contributed by atoms with van der Waals surface area (Å²) in [5.41, 5.74) is 5.19. The molecule has 1 aliphatic carbocycles. The van der Waals surface area contributed by atoms with Crippen LogP contribution in [0.2, 0.25) is 0 Å². The third-order valence-corrected chi connectivity index (χ3v) is 4.11. The van der Waals surface area contributed by atoms with Gasteiger partial charge >= 0.3 is 6.03 Å². The standard InChI is InChI=1S/C12H23N3OS/c1-3-12(4-2,10(13)17)15-11(16)14-9-7-5-6-8-9/h9H,3-8H2,1-2H3,(H2,13,17)(H2,14,15,16). The fraction of sp³-hybridized carbons (Fsp3) is 0.833. The van der Waals surface area contributed by atoms with Crippen LogP contribution >= 0.6 is 12.2 Å². The number of nitrogens with one attached hydrogen (secondary N) is 2. The van der Waals surface area contributed by atoms with E-state index in [0.717, 1.165) is 25.7 Å². The van der Waals surface area contributed by atoms with Gasteiger partial charge in [0, 0.05) is 6.04 Å². The van der Waals surface area contributed by atoms with Crippen molar-refractivity contribution in [1.82, 2.24) is 10.6 Å². The molecule has 4 N–H and O–H groups in total. The van der Waals surface area contributed by atoms with Crippen LogP contribution < -0.4 is 16.4 Å². The molecule has 1 aliphatic rings. The quantitative estimate of drug-likeness (QED) is 0.661. The first-order valence-corrected chi connectivity index (χ1v) is 6.83. The van der Waals surface area contributed by atoms with E-state index in [1.165, 1.54) is 12.8 Å². The molecule has 0 aromatic carbocycles. The minimum Gasteiger partial charge on any atom is -0.391 e. The lowest BCUT2D eigenvalue weighted by Gasteiger charge is -2.32. The Hall–Kier alpha value is -0.840. The van der Waals surface area contributed by atoms with Gasteiger partial charge in [-0.25, -0.2) is 4.79 Å². The molecule has 98 valence electrons. The van der Waals surface area contributed by atoms with Crippen molar-refractivity contribution in [2.45, 2.75) is 64.0 Å². The normalized spacial score (nSPS) is 16.8. The summed E-state index contributed by atoms with van der Waals surface area (Å²) >= 11 is 5.06. The Morgan fingerprint density at radius 1 is 1.35 bits per heavy atom. The minimum absolute atomic E-state index is 0.145. The fourth-order valence-corrected chi connectivity index (χ4v) is 2.69. The molecule has 17 heavy (non-hydrogen) atoms. The zero-order valence-corrected chi connectivity index (χ0v) is 11.5. The van der Waals surface area contributed by atoms with Crippen molar-refractivity contribution in [3.8, 4) is 0 Å². The second kappa shape index (κ2) is 6.19. The van der Waals surface area contributed by atoms with Crippen LogP contribution in [-0.4, -0.2) is 22.6 Å². The van der Waals surface area contributed by atoms with Gasteiger partial charge < -0.3 is 16.4 Å². The summed E-state index contributed by atoms with van der Waals surface area (Å²) in [4.78, 5) is 12.3. The lowest BCUT2D eigenvalue weighted by atomic mass is 9.93. The lowest BCUT2D eigenvalue weighted by molar-refractivity contribution is 0.228. The highest BCUT2D eigenvalue weighted by Gasteiger charge is 2.32. The molecule has 0 unspecified atom stereocenters. The van der Waals surface area contributed by atoms with E-state index in [2.05, 4.69) is 10.6 Å². The Morgan fingerprint density at radius 2 is 1.88 bits per heavy atom. The number of amides is 2. The van der Waals surface area contributed by atoms with Crippen LogP contribution in [0.15, 0.2) is 0 Å². The summed E-state index contributed by atoms with van der Waals surface area (Å²) in [5, 5.41) is 5.93. The van der Waals surface area contributed by atoms with Gasteiger partial charge in [0.05, 0.1) is 10.5 Å². The van der Waals surface area contributed by atoms with Crippen LogP contribution in [0.3, 0.4) is 0 Å². The number of carbonyl (C=O) groups excluding carboxylic acids is 1. The molecule has 0 aliphatic heterocycles. The van der Waals surface area contributed by atoms with Crippen molar-refractivity contribution in [1.29, 1.82) is 0 Å². The number of nitrogens with two attached hydrogens (primary N) is 1. The first-order chi connectivity index (χ1) is 8.04. The van der Waals surface area contributed by atoms with Crippen molar-refractivity contribution in [3.05, 3.63) is 0 Å². The largest absolute Gasteiger partial charge is 0.391 e. The third kappa shape index (κ3) is 3.56. The number of urea groups is 1. The number of rotatable bonds is 5. The molecule has 4 nitrogen and oxygen atoms in total. The van der Waals surface area contributed by atoms with Gasteiger partial charge in [-0.3, -0.25) is 0 Å². The maximum atomic E-state index is 11.9. The smallest absolute Gasteiger partial charge is 0.315 e. The Balaban J connectivity index is 2.54. The van der Waals surface area contributed by atoms with Gasteiger partial charge in [-0.05, 0) is 25.7 Å². The Bertz CT molecular complexity index is 283. The van der Waals surface area contributed by atoms with E-state index >= 15 is 0 Å². The third-order valence-electron chi connectivity index (χ3n) is 3.72. The second-order valence-electron chi connectivity index (χ2n) is 4.73. The predicted molar refractivity (Wildman–Crippen MR) is 74.0 cm³/mol. The van der Waals surface area contributed by atoms with Crippen LogP contribution in [0, 0.1) is 0 Å². The van der Waals surface area contributed by atoms with Gasteiger partial charge in [0.25, 0.3) is 0 Å². The molecule has 1 fully saturated rings. The molecule has 1 rings (SSSR count). The number of hydrogen-bond acceptors (Lipinski definition) is 2. The SMILES string of the molecule is CCC(CC)(NC(=O)NC1CCCC1)C(N)=S. The first-order valence-electron chi connectivity index (χ1n) is 6.42. The van der Waals surface area contributed by atoms with Gasteiger partial charge in [-0.2, -0.15) is 0 Å². The van der Waals surface area contributed by atoms with Crippen molar-refractivity contribution >= 4 is 23.2 Å². The van der Waals surface area contributed by atoms with Crippen molar-refractivity contribution in [2.75, 3.05) is 0 Å². The average molecular weight is 257 g/mol. The highest BCUT2D eigenvalue weighted by atomic mass is 32.1. The van der Waals surface area contributed by atoms with Crippen LogP contribution in [0.5, 0.6) is 0 Å². The molecule has 0 saturated heterocycles. The predicted octanol–water partition coefficient (Wildman–Crippen LogP) is 2.07. The Labute approximate surface area is 109 Å². The molecule has 0 spiro atoms. The van der Waals surface area contributed by atoms with Crippen LogP contribution in [0.1, 0.15) is 52.4 Å². The van der Waals surface area contributed by atoms with Crippen molar-refractivity contribution in [2.24, 2.45) is 5.73 Å². The fourth-order valence-electron chi connectivity index (χ4n) is 2.35. The number of carbonyl (C=O) groups is 1. The van der Waals surface area contributed by atoms with E-state index in [0.29, 0.717) is 11.0 Å².